The highest BCUT2D eigenvalue weighted by Gasteiger charge is 2.14. The van der Waals surface area contributed by atoms with Crippen molar-refractivity contribution >= 4 is 40.1 Å². The second-order valence-electron chi connectivity index (χ2n) is 6.46. The summed E-state index contributed by atoms with van der Waals surface area (Å²) >= 11 is 7.56. The number of nitrogens with zero attached hydrogens (tertiary/aromatic N) is 4. The van der Waals surface area contributed by atoms with E-state index in [9.17, 15) is 10.1 Å². The Morgan fingerprint density at radius 1 is 1.38 bits per heavy atom. The molecular formula is C21H20ClN5OS. The van der Waals surface area contributed by atoms with Crippen molar-refractivity contribution in [3.8, 4) is 11.8 Å². The molecule has 0 fully saturated rings. The summed E-state index contributed by atoms with van der Waals surface area (Å²) < 4.78 is 1.86. The third-order valence-corrected chi connectivity index (χ3v) is 5.61. The lowest BCUT2D eigenvalue weighted by atomic mass is 10.2. The maximum Gasteiger partial charge on any atom is 0.268 e. The SMILES string of the molecule is CCCCc1nnc(NC(=O)C(C#N)=Cc2cccn2-c2ccc(C)c(Cl)c2)s1. The van der Waals surface area contributed by atoms with Crippen LogP contribution in [0.25, 0.3) is 11.8 Å². The average molecular weight is 426 g/mol. The van der Waals surface area contributed by atoms with Gasteiger partial charge >= 0.3 is 0 Å². The summed E-state index contributed by atoms with van der Waals surface area (Å²) in [5, 5.41) is 22.1. The highest BCUT2D eigenvalue weighted by Crippen LogP contribution is 2.23. The molecule has 3 aromatic rings. The lowest BCUT2D eigenvalue weighted by Gasteiger charge is -2.09. The summed E-state index contributed by atoms with van der Waals surface area (Å²) in [5.41, 5.74) is 2.50. The van der Waals surface area contributed by atoms with Gasteiger partial charge in [-0.2, -0.15) is 5.26 Å². The second-order valence-corrected chi connectivity index (χ2v) is 7.93. The van der Waals surface area contributed by atoms with E-state index in [1.807, 2.05) is 54.1 Å². The molecule has 0 saturated carbocycles. The first-order chi connectivity index (χ1) is 14.0. The zero-order valence-electron chi connectivity index (χ0n) is 16.1. The lowest BCUT2D eigenvalue weighted by Crippen LogP contribution is -2.13. The van der Waals surface area contributed by atoms with Crippen LogP contribution in [0.15, 0.2) is 42.1 Å². The molecule has 8 heteroatoms. The zero-order valence-corrected chi connectivity index (χ0v) is 17.7. The van der Waals surface area contributed by atoms with Crippen LogP contribution < -0.4 is 5.32 Å². The van der Waals surface area contributed by atoms with Crippen molar-refractivity contribution in [1.82, 2.24) is 14.8 Å². The quantitative estimate of drug-likeness (QED) is 0.417. The van der Waals surface area contributed by atoms with Gasteiger partial charge in [0.05, 0.1) is 0 Å². The standard InChI is InChI=1S/C21H20ClN5OS/c1-3-4-7-19-25-26-21(29-19)24-20(28)15(13-23)11-16-6-5-10-27(16)17-9-8-14(2)18(22)12-17/h5-6,8-12H,3-4,7H2,1-2H3,(H,24,26,28). The summed E-state index contributed by atoms with van der Waals surface area (Å²) in [5.74, 6) is -0.514. The van der Waals surface area contributed by atoms with E-state index in [0.29, 0.717) is 15.8 Å². The van der Waals surface area contributed by atoms with E-state index in [1.165, 1.54) is 11.3 Å². The Balaban J connectivity index is 1.81. The highest BCUT2D eigenvalue weighted by atomic mass is 35.5. The van der Waals surface area contributed by atoms with Crippen molar-refractivity contribution in [3.05, 3.63) is 63.4 Å². The number of nitriles is 1. The largest absolute Gasteiger partial charge is 0.317 e. The molecule has 2 aromatic heterocycles. The van der Waals surface area contributed by atoms with Crippen molar-refractivity contribution in [2.24, 2.45) is 0 Å². The van der Waals surface area contributed by atoms with Crippen LogP contribution in [-0.4, -0.2) is 20.7 Å². The molecule has 1 N–H and O–H groups in total. The Morgan fingerprint density at radius 2 is 2.21 bits per heavy atom. The summed E-state index contributed by atoms with van der Waals surface area (Å²) in [7, 11) is 0. The summed E-state index contributed by atoms with van der Waals surface area (Å²) in [6, 6.07) is 11.3. The average Bonchev–Trinajstić information content (AvgIpc) is 3.35. The second kappa shape index (κ2) is 9.50. The molecule has 6 nitrogen and oxygen atoms in total. The number of unbranched alkanes of at least 4 members (excludes halogenated alkanes) is 1. The number of benzene rings is 1. The van der Waals surface area contributed by atoms with Gasteiger partial charge in [-0.1, -0.05) is 42.3 Å². The Kier molecular flexibility index (Phi) is 6.81. The summed E-state index contributed by atoms with van der Waals surface area (Å²) in [4.78, 5) is 12.5. The van der Waals surface area contributed by atoms with Crippen LogP contribution in [0.4, 0.5) is 5.13 Å². The Labute approximate surface area is 178 Å². The van der Waals surface area contributed by atoms with Crippen LogP contribution >= 0.6 is 22.9 Å². The fourth-order valence-electron chi connectivity index (χ4n) is 2.67. The molecule has 1 amide bonds. The number of nitrogens with one attached hydrogen (secondary N) is 1. The van der Waals surface area contributed by atoms with Crippen molar-refractivity contribution in [2.75, 3.05) is 5.32 Å². The summed E-state index contributed by atoms with van der Waals surface area (Å²) in [6.45, 7) is 4.04. The topological polar surface area (TPSA) is 83.6 Å². The Hall–Kier alpha value is -2.95. The van der Waals surface area contributed by atoms with E-state index < -0.39 is 5.91 Å². The molecule has 0 aliphatic rings. The number of halogens is 1. The number of aryl methyl sites for hydroxylation is 2. The third-order valence-electron chi connectivity index (χ3n) is 4.30. The van der Waals surface area contributed by atoms with Crippen LogP contribution in [0.1, 0.15) is 36.0 Å². The number of amides is 1. The van der Waals surface area contributed by atoms with E-state index in [0.717, 1.165) is 35.5 Å². The molecule has 0 saturated heterocycles. The van der Waals surface area contributed by atoms with Crippen LogP contribution in [0.3, 0.4) is 0 Å². The normalized spacial score (nSPS) is 11.3. The fourth-order valence-corrected chi connectivity index (χ4v) is 3.62. The highest BCUT2D eigenvalue weighted by molar-refractivity contribution is 7.15. The molecule has 148 valence electrons. The molecule has 0 aliphatic heterocycles. The summed E-state index contributed by atoms with van der Waals surface area (Å²) in [6.07, 6.45) is 6.31. The first-order valence-corrected chi connectivity index (χ1v) is 10.4. The molecule has 29 heavy (non-hydrogen) atoms. The molecule has 0 atom stereocenters. The van der Waals surface area contributed by atoms with Gasteiger partial charge in [0, 0.05) is 29.0 Å². The van der Waals surface area contributed by atoms with Gasteiger partial charge in [0.1, 0.15) is 16.6 Å². The van der Waals surface area contributed by atoms with Crippen molar-refractivity contribution in [3.63, 3.8) is 0 Å². The monoisotopic (exact) mass is 425 g/mol. The van der Waals surface area contributed by atoms with Crippen LogP contribution in [0.2, 0.25) is 5.02 Å². The van der Waals surface area contributed by atoms with Crippen molar-refractivity contribution < 1.29 is 4.79 Å². The minimum absolute atomic E-state index is 0.0199. The minimum atomic E-state index is -0.514. The number of hydrogen-bond acceptors (Lipinski definition) is 5. The van der Waals surface area contributed by atoms with Crippen molar-refractivity contribution in [2.45, 2.75) is 33.1 Å². The lowest BCUT2D eigenvalue weighted by molar-refractivity contribution is -0.112. The maximum absolute atomic E-state index is 12.5. The number of hydrogen-bond donors (Lipinski definition) is 1. The fraction of sp³-hybridized carbons (Fsp3) is 0.238. The van der Waals surface area contributed by atoms with Gasteiger partial charge in [0.2, 0.25) is 5.13 Å². The van der Waals surface area contributed by atoms with Gasteiger partial charge in [-0.25, -0.2) is 0 Å². The van der Waals surface area contributed by atoms with Gasteiger partial charge in [-0.05, 0) is 49.2 Å². The van der Waals surface area contributed by atoms with E-state index in [2.05, 4.69) is 22.4 Å². The van der Waals surface area contributed by atoms with Crippen LogP contribution in [-0.2, 0) is 11.2 Å². The van der Waals surface area contributed by atoms with Crippen LogP contribution in [0.5, 0.6) is 0 Å². The maximum atomic E-state index is 12.5. The number of anilines is 1. The number of aromatic nitrogens is 3. The predicted molar refractivity (Wildman–Crippen MR) is 116 cm³/mol. The Bertz CT molecular complexity index is 1090. The number of rotatable bonds is 7. The van der Waals surface area contributed by atoms with E-state index >= 15 is 0 Å². The molecule has 2 heterocycles. The predicted octanol–water partition coefficient (Wildman–Crippen LogP) is 5.18. The molecule has 0 spiro atoms. The van der Waals surface area contributed by atoms with Gasteiger partial charge in [0.25, 0.3) is 5.91 Å². The minimum Gasteiger partial charge on any atom is -0.317 e. The molecule has 0 unspecified atom stereocenters. The van der Waals surface area contributed by atoms with E-state index in [-0.39, 0.29) is 5.57 Å². The molecule has 1 aromatic carbocycles. The van der Waals surface area contributed by atoms with Gasteiger partial charge in [-0.3, -0.25) is 10.1 Å². The molecule has 0 aliphatic carbocycles. The molecular weight excluding hydrogens is 406 g/mol. The molecule has 0 radical (unpaired) electrons. The van der Waals surface area contributed by atoms with Crippen molar-refractivity contribution in [1.29, 1.82) is 5.26 Å². The first-order valence-electron chi connectivity index (χ1n) is 9.21. The number of carbonyl (C=O) groups excluding carboxylic acids is 1. The molecule has 0 bridgehead atoms. The van der Waals surface area contributed by atoms with Gasteiger partial charge in [-0.15, -0.1) is 10.2 Å². The van der Waals surface area contributed by atoms with E-state index in [4.69, 9.17) is 11.6 Å². The zero-order chi connectivity index (χ0) is 20.8. The number of carbonyl (C=O) groups is 1. The van der Waals surface area contributed by atoms with Gasteiger partial charge < -0.3 is 4.57 Å². The first kappa shape index (κ1) is 20.8. The smallest absolute Gasteiger partial charge is 0.268 e. The molecule has 3 rings (SSSR count). The van der Waals surface area contributed by atoms with Crippen LogP contribution in [0, 0.1) is 18.3 Å². The van der Waals surface area contributed by atoms with Gasteiger partial charge in [0.15, 0.2) is 0 Å². The van der Waals surface area contributed by atoms with E-state index in [1.54, 1.807) is 6.08 Å². The Morgan fingerprint density at radius 3 is 2.93 bits per heavy atom. The third kappa shape index (κ3) is 5.11.